The Bertz CT molecular complexity index is 418. The molecule has 1 atom stereocenters. The number of piperazine rings is 1. The van der Waals surface area contributed by atoms with Crippen molar-refractivity contribution in [2.45, 2.75) is 65.3 Å². The van der Waals surface area contributed by atoms with Crippen LogP contribution in [0.1, 0.15) is 69.9 Å². The molecule has 23 heavy (non-hydrogen) atoms. The molecule has 0 spiro atoms. The van der Waals surface area contributed by atoms with E-state index in [-0.39, 0.29) is 0 Å². The molecule has 0 aliphatic carbocycles. The molecular formula is C21H36N2. The van der Waals surface area contributed by atoms with Gasteiger partial charge in [-0.15, -0.1) is 0 Å². The lowest BCUT2D eigenvalue weighted by Gasteiger charge is -2.34. The van der Waals surface area contributed by atoms with E-state index in [1.54, 1.807) is 0 Å². The minimum absolute atomic E-state index is 0.695. The van der Waals surface area contributed by atoms with Gasteiger partial charge >= 0.3 is 0 Å². The van der Waals surface area contributed by atoms with Crippen LogP contribution in [-0.4, -0.2) is 42.5 Å². The van der Waals surface area contributed by atoms with E-state index >= 15 is 0 Å². The van der Waals surface area contributed by atoms with Gasteiger partial charge in [0.2, 0.25) is 0 Å². The van der Waals surface area contributed by atoms with E-state index in [2.05, 4.69) is 54.8 Å². The minimum Gasteiger partial charge on any atom is -0.301 e. The van der Waals surface area contributed by atoms with E-state index in [4.69, 9.17) is 0 Å². The Kier molecular flexibility index (Phi) is 8.11. The lowest BCUT2D eigenvalue weighted by atomic mass is 9.95. The van der Waals surface area contributed by atoms with Crippen LogP contribution in [0.3, 0.4) is 0 Å². The Hall–Kier alpha value is -0.860. The van der Waals surface area contributed by atoms with Crippen molar-refractivity contribution in [1.29, 1.82) is 0 Å². The van der Waals surface area contributed by atoms with E-state index < -0.39 is 0 Å². The quantitative estimate of drug-likeness (QED) is 0.598. The molecule has 2 heteroatoms. The van der Waals surface area contributed by atoms with Gasteiger partial charge < -0.3 is 4.90 Å². The van der Waals surface area contributed by atoms with Gasteiger partial charge in [-0.3, -0.25) is 4.90 Å². The lowest BCUT2D eigenvalue weighted by molar-refractivity contribution is 0.125. The average Bonchev–Trinajstić information content (AvgIpc) is 2.57. The Labute approximate surface area is 143 Å². The summed E-state index contributed by atoms with van der Waals surface area (Å²) in [5.74, 6) is 0.695. The molecule has 0 aromatic heterocycles. The van der Waals surface area contributed by atoms with Gasteiger partial charge in [0.05, 0.1) is 0 Å². The monoisotopic (exact) mass is 316 g/mol. The minimum atomic E-state index is 0.695. The maximum absolute atomic E-state index is 2.64. The second-order valence-electron chi connectivity index (χ2n) is 7.26. The molecule has 130 valence electrons. The van der Waals surface area contributed by atoms with Crippen molar-refractivity contribution >= 4 is 0 Å². The fourth-order valence-electron chi connectivity index (χ4n) is 3.57. The van der Waals surface area contributed by atoms with E-state index in [9.17, 15) is 0 Å². The highest BCUT2D eigenvalue weighted by molar-refractivity contribution is 5.25. The van der Waals surface area contributed by atoms with E-state index in [1.807, 2.05) is 0 Å². The Morgan fingerprint density at radius 3 is 2.13 bits per heavy atom. The van der Waals surface area contributed by atoms with Crippen molar-refractivity contribution in [3.8, 4) is 0 Å². The number of hydrogen-bond acceptors (Lipinski definition) is 2. The van der Waals surface area contributed by atoms with Gasteiger partial charge in [-0.25, -0.2) is 0 Å². The lowest BCUT2D eigenvalue weighted by Crippen LogP contribution is -2.46. The summed E-state index contributed by atoms with van der Waals surface area (Å²) in [5, 5.41) is 0. The van der Waals surface area contributed by atoms with Crippen LogP contribution in [0, 0.1) is 0 Å². The van der Waals surface area contributed by atoms with Crippen LogP contribution in [0.5, 0.6) is 0 Å². The van der Waals surface area contributed by atoms with Crippen molar-refractivity contribution in [2.75, 3.05) is 32.7 Å². The molecule has 1 unspecified atom stereocenters. The molecule has 1 aromatic rings. The fourth-order valence-corrected chi connectivity index (χ4v) is 3.57. The van der Waals surface area contributed by atoms with Gasteiger partial charge in [-0.05, 0) is 36.4 Å². The van der Waals surface area contributed by atoms with Crippen molar-refractivity contribution in [3.05, 3.63) is 35.4 Å². The molecule has 1 aliphatic heterocycles. The van der Waals surface area contributed by atoms with Crippen LogP contribution < -0.4 is 0 Å². The first kappa shape index (κ1) is 18.5. The van der Waals surface area contributed by atoms with Crippen LogP contribution in [0.4, 0.5) is 0 Å². The van der Waals surface area contributed by atoms with E-state index in [1.165, 1.54) is 76.0 Å². The molecular weight excluding hydrogens is 280 g/mol. The molecule has 0 N–H and O–H groups in total. The number of nitrogens with zero attached hydrogens (tertiary/aromatic N) is 2. The van der Waals surface area contributed by atoms with E-state index in [0.717, 1.165) is 6.54 Å². The summed E-state index contributed by atoms with van der Waals surface area (Å²) in [6.07, 6.45) is 6.63. The highest BCUT2D eigenvalue weighted by Crippen LogP contribution is 2.21. The summed E-state index contributed by atoms with van der Waals surface area (Å²) in [4.78, 5) is 5.25. The third kappa shape index (κ3) is 6.27. The van der Waals surface area contributed by atoms with Crippen molar-refractivity contribution in [2.24, 2.45) is 0 Å². The van der Waals surface area contributed by atoms with Gasteiger partial charge in [-0.2, -0.15) is 0 Å². The molecule has 0 amide bonds. The summed E-state index contributed by atoms with van der Waals surface area (Å²) in [7, 11) is 0. The predicted octanol–water partition coefficient (Wildman–Crippen LogP) is 4.90. The maximum Gasteiger partial charge on any atom is 0.0234 e. The Morgan fingerprint density at radius 2 is 1.52 bits per heavy atom. The zero-order valence-electron chi connectivity index (χ0n) is 15.6. The molecule has 0 saturated carbocycles. The summed E-state index contributed by atoms with van der Waals surface area (Å²) in [6, 6.07) is 9.37. The Morgan fingerprint density at radius 1 is 0.870 bits per heavy atom. The molecule has 1 aliphatic rings. The van der Waals surface area contributed by atoms with Crippen LogP contribution in [0.2, 0.25) is 0 Å². The van der Waals surface area contributed by atoms with Crippen LogP contribution in [0.15, 0.2) is 24.3 Å². The molecule has 0 bridgehead atoms. The first-order chi connectivity index (χ1) is 11.2. The van der Waals surface area contributed by atoms with Crippen molar-refractivity contribution in [1.82, 2.24) is 9.80 Å². The number of hydrogen-bond donors (Lipinski definition) is 0. The highest BCUT2D eigenvalue weighted by Gasteiger charge is 2.16. The molecule has 1 fully saturated rings. The van der Waals surface area contributed by atoms with Crippen LogP contribution >= 0.6 is 0 Å². The summed E-state index contributed by atoms with van der Waals surface area (Å²) in [5.41, 5.74) is 2.97. The fraction of sp³-hybridized carbons (Fsp3) is 0.714. The summed E-state index contributed by atoms with van der Waals surface area (Å²) < 4.78 is 0. The van der Waals surface area contributed by atoms with Gasteiger partial charge in [0.15, 0.2) is 0 Å². The largest absolute Gasteiger partial charge is 0.301 e. The predicted molar refractivity (Wildman–Crippen MR) is 101 cm³/mol. The second kappa shape index (κ2) is 10.1. The number of benzene rings is 1. The van der Waals surface area contributed by atoms with E-state index in [0.29, 0.717) is 5.92 Å². The van der Waals surface area contributed by atoms with Gasteiger partial charge in [0.25, 0.3) is 0 Å². The third-order valence-corrected chi connectivity index (χ3v) is 5.22. The SMILES string of the molecule is CCCCCN1CCN(Cc2ccc(C(C)CCC)cc2)CC1. The first-order valence-electron chi connectivity index (χ1n) is 9.76. The third-order valence-electron chi connectivity index (χ3n) is 5.22. The zero-order valence-corrected chi connectivity index (χ0v) is 15.6. The normalized spacial score (nSPS) is 18.2. The van der Waals surface area contributed by atoms with Gasteiger partial charge in [-0.1, -0.05) is 64.3 Å². The topological polar surface area (TPSA) is 6.48 Å². The van der Waals surface area contributed by atoms with Crippen molar-refractivity contribution < 1.29 is 0 Å². The van der Waals surface area contributed by atoms with Crippen LogP contribution in [0.25, 0.3) is 0 Å². The average molecular weight is 317 g/mol. The maximum atomic E-state index is 2.64. The Balaban J connectivity index is 1.73. The standard InChI is InChI=1S/C21H36N2/c1-4-6-7-13-22-14-16-23(17-15-22)18-20-9-11-21(12-10-20)19(3)8-5-2/h9-12,19H,4-8,13-18H2,1-3H3. The molecule has 2 rings (SSSR count). The van der Waals surface area contributed by atoms with Crippen LogP contribution in [-0.2, 0) is 6.54 Å². The molecule has 0 radical (unpaired) electrons. The van der Waals surface area contributed by atoms with Crippen molar-refractivity contribution in [3.63, 3.8) is 0 Å². The summed E-state index contributed by atoms with van der Waals surface area (Å²) >= 11 is 0. The molecule has 1 aromatic carbocycles. The first-order valence-corrected chi connectivity index (χ1v) is 9.76. The van der Waals surface area contributed by atoms with Gasteiger partial charge in [0, 0.05) is 32.7 Å². The molecule has 1 saturated heterocycles. The molecule has 1 heterocycles. The number of rotatable bonds is 9. The summed E-state index contributed by atoms with van der Waals surface area (Å²) in [6.45, 7) is 14.2. The second-order valence-corrected chi connectivity index (χ2v) is 7.26. The zero-order chi connectivity index (χ0) is 16.5. The highest BCUT2D eigenvalue weighted by atomic mass is 15.3. The smallest absolute Gasteiger partial charge is 0.0234 e. The number of unbranched alkanes of at least 4 members (excludes halogenated alkanes) is 2. The molecule has 2 nitrogen and oxygen atoms in total. The van der Waals surface area contributed by atoms with Gasteiger partial charge in [0.1, 0.15) is 0 Å².